The highest BCUT2D eigenvalue weighted by atomic mass is 35.5. The van der Waals surface area contributed by atoms with Crippen molar-refractivity contribution in [1.29, 1.82) is 5.26 Å². The predicted molar refractivity (Wildman–Crippen MR) is 117 cm³/mol. The second-order valence-corrected chi connectivity index (χ2v) is 7.65. The van der Waals surface area contributed by atoms with Gasteiger partial charge in [-0.1, -0.05) is 0 Å². The second kappa shape index (κ2) is 10.4. The van der Waals surface area contributed by atoms with Crippen LogP contribution in [0.5, 0.6) is 0 Å². The van der Waals surface area contributed by atoms with Crippen LogP contribution in [0.1, 0.15) is 40.5 Å². The van der Waals surface area contributed by atoms with E-state index in [2.05, 4.69) is 10.1 Å². The molecule has 3 heterocycles. The Balaban J connectivity index is 0.00000193. The van der Waals surface area contributed by atoms with Crippen LogP contribution in [0.4, 0.5) is 13.2 Å². The smallest absolute Gasteiger partial charge is 0.276 e. The van der Waals surface area contributed by atoms with Crippen molar-refractivity contribution in [3.63, 3.8) is 0 Å². The van der Waals surface area contributed by atoms with Crippen LogP contribution < -0.4 is 0 Å². The quantitative estimate of drug-likeness (QED) is 0.560. The standard InChI is InChI=1S/C20H19F3N6O2.ClH.2H2O/c1-11-8-28(9-13-7-25-19(29(11)13)20(31,10-21)18(22)23)17(30)16-14-4-3-12(6-24)5-15(14)26-27(16)2;;;/h3-5,7,11,18,31H,8-10H2,1-2H3;1H;2*1H2. The minimum atomic E-state index is -3.35. The normalized spacial score (nSPS) is 16.5. The SMILES string of the molecule is CC1CN(C(=O)c2c3ccc(C#N)cc3nn2C)Cc2cnc(C(O)(CF)C(F)F)n21.Cl.O.O. The number of carbonyl (C=O) groups excluding carboxylic acids is 1. The molecule has 14 heteroatoms. The molecule has 2 unspecified atom stereocenters. The number of benzene rings is 1. The molecule has 1 aromatic carbocycles. The number of amides is 1. The highest BCUT2D eigenvalue weighted by Crippen LogP contribution is 2.34. The van der Waals surface area contributed by atoms with E-state index in [0.29, 0.717) is 27.9 Å². The van der Waals surface area contributed by atoms with E-state index in [1.54, 1.807) is 32.2 Å². The molecule has 0 radical (unpaired) electrons. The van der Waals surface area contributed by atoms with Gasteiger partial charge < -0.3 is 25.5 Å². The zero-order valence-corrected chi connectivity index (χ0v) is 19.0. The first kappa shape index (κ1) is 28.9. The number of carbonyl (C=O) groups is 1. The molecule has 0 saturated heterocycles. The Labute approximate surface area is 198 Å². The van der Waals surface area contributed by atoms with Gasteiger partial charge in [-0.25, -0.2) is 18.2 Å². The van der Waals surface area contributed by atoms with Crippen molar-refractivity contribution in [2.75, 3.05) is 13.2 Å². The first-order valence-electron chi connectivity index (χ1n) is 9.50. The van der Waals surface area contributed by atoms with E-state index < -0.39 is 30.6 Å². The molecule has 34 heavy (non-hydrogen) atoms. The summed E-state index contributed by atoms with van der Waals surface area (Å²) in [5.41, 5.74) is -1.34. The van der Waals surface area contributed by atoms with Crippen molar-refractivity contribution < 1.29 is 34.0 Å². The van der Waals surface area contributed by atoms with E-state index >= 15 is 0 Å². The Morgan fingerprint density at radius 1 is 1.38 bits per heavy atom. The zero-order valence-electron chi connectivity index (χ0n) is 18.2. The third kappa shape index (κ3) is 4.32. The number of rotatable bonds is 4. The third-order valence-corrected chi connectivity index (χ3v) is 5.56. The van der Waals surface area contributed by atoms with Crippen molar-refractivity contribution in [3.8, 4) is 6.07 Å². The maximum Gasteiger partial charge on any atom is 0.276 e. The number of nitrogens with zero attached hydrogens (tertiary/aromatic N) is 6. The van der Waals surface area contributed by atoms with Gasteiger partial charge in [0.05, 0.1) is 41.6 Å². The summed E-state index contributed by atoms with van der Waals surface area (Å²) in [7, 11) is 1.62. The van der Waals surface area contributed by atoms with Gasteiger partial charge in [0.2, 0.25) is 5.60 Å². The summed E-state index contributed by atoms with van der Waals surface area (Å²) in [5, 5.41) is 24.1. The lowest BCUT2D eigenvalue weighted by molar-refractivity contribution is -0.122. The number of imidazole rings is 1. The van der Waals surface area contributed by atoms with E-state index in [9.17, 15) is 23.1 Å². The fourth-order valence-electron chi connectivity index (χ4n) is 4.03. The van der Waals surface area contributed by atoms with Crippen molar-refractivity contribution in [1.82, 2.24) is 24.2 Å². The van der Waals surface area contributed by atoms with Crippen LogP contribution in [-0.2, 0) is 19.2 Å². The van der Waals surface area contributed by atoms with E-state index in [4.69, 9.17) is 5.26 Å². The lowest BCUT2D eigenvalue weighted by atomic mass is 10.0. The van der Waals surface area contributed by atoms with Crippen molar-refractivity contribution in [2.24, 2.45) is 7.05 Å². The van der Waals surface area contributed by atoms with Gasteiger partial charge in [-0.15, -0.1) is 12.4 Å². The molecule has 5 N–H and O–H groups in total. The molecule has 0 bridgehead atoms. The van der Waals surface area contributed by atoms with Crippen LogP contribution in [-0.4, -0.2) is 65.8 Å². The van der Waals surface area contributed by atoms with E-state index in [-0.39, 0.29) is 42.4 Å². The van der Waals surface area contributed by atoms with Crippen molar-refractivity contribution in [2.45, 2.75) is 31.5 Å². The molecule has 4 rings (SSSR count). The van der Waals surface area contributed by atoms with Crippen molar-refractivity contribution in [3.05, 3.63) is 47.2 Å². The first-order valence-corrected chi connectivity index (χ1v) is 9.50. The average molecular weight is 505 g/mol. The average Bonchev–Trinajstić information content (AvgIpc) is 3.32. The molecule has 0 saturated carbocycles. The van der Waals surface area contributed by atoms with Gasteiger partial charge in [0.15, 0.2) is 0 Å². The Morgan fingerprint density at radius 2 is 2.06 bits per heavy atom. The highest BCUT2D eigenvalue weighted by molar-refractivity contribution is 6.05. The molecule has 1 amide bonds. The van der Waals surface area contributed by atoms with Crippen LogP contribution in [0.25, 0.3) is 10.9 Å². The lowest BCUT2D eigenvalue weighted by Gasteiger charge is -2.35. The summed E-state index contributed by atoms with van der Waals surface area (Å²) in [6.07, 6.45) is -2.08. The molecule has 0 spiro atoms. The number of hydrogen-bond donors (Lipinski definition) is 1. The molecule has 186 valence electrons. The van der Waals surface area contributed by atoms with Crippen LogP contribution in [0, 0.1) is 11.3 Å². The summed E-state index contributed by atoms with van der Waals surface area (Å²) in [4.78, 5) is 18.7. The van der Waals surface area contributed by atoms with E-state index in [1.165, 1.54) is 20.3 Å². The van der Waals surface area contributed by atoms with Crippen LogP contribution >= 0.6 is 12.4 Å². The number of halogens is 4. The molecule has 10 nitrogen and oxygen atoms in total. The molecule has 2 aromatic heterocycles. The minimum absolute atomic E-state index is 0. The first-order chi connectivity index (χ1) is 14.7. The molecule has 1 aliphatic heterocycles. The molecule has 0 fully saturated rings. The number of aryl methyl sites for hydroxylation is 1. The van der Waals surface area contributed by atoms with Gasteiger partial charge in [0.1, 0.15) is 18.2 Å². The van der Waals surface area contributed by atoms with Gasteiger partial charge in [-0.2, -0.15) is 10.4 Å². The summed E-state index contributed by atoms with van der Waals surface area (Å²) in [5.74, 6) is -0.778. The zero-order chi connectivity index (χ0) is 22.5. The van der Waals surface area contributed by atoms with Gasteiger partial charge >= 0.3 is 0 Å². The number of hydrogen-bond acceptors (Lipinski definition) is 5. The third-order valence-electron chi connectivity index (χ3n) is 5.56. The fraction of sp³-hybridized carbons (Fsp3) is 0.400. The minimum Gasteiger partial charge on any atom is -0.412 e. The molecule has 0 aliphatic carbocycles. The second-order valence-electron chi connectivity index (χ2n) is 7.65. The number of aliphatic hydroxyl groups is 1. The number of alkyl halides is 3. The predicted octanol–water partition coefficient (Wildman–Crippen LogP) is 1.05. The molecule has 3 aromatic rings. The lowest BCUT2D eigenvalue weighted by Crippen LogP contribution is -2.45. The van der Waals surface area contributed by atoms with Gasteiger partial charge in [0, 0.05) is 19.0 Å². The Bertz CT molecular complexity index is 1230. The maximum atomic E-state index is 13.3. The molecular weight excluding hydrogens is 481 g/mol. The van der Waals surface area contributed by atoms with Crippen molar-refractivity contribution >= 4 is 29.2 Å². The number of aromatic nitrogens is 4. The van der Waals surface area contributed by atoms with E-state index in [0.717, 1.165) is 0 Å². The summed E-state index contributed by atoms with van der Waals surface area (Å²) in [6.45, 7) is 0.190. The number of fused-ring (bicyclic) bond motifs is 2. The molecule has 2 atom stereocenters. The summed E-state index contributed by atoms with van der Waals surface area (Å²) >= 11 is 0. The van der Waals surface area contributed by atoms with Gasteiger partial charge in [-0.3, -0.25) is 9.48 Å². The van der Waals surface area contributed by atoms with Crippen LogP contribution in [0.15, 0.2) is 24.4 Å². The number of nitriles is 1. The largest absolute Gasteiger partial charge is 0.412 e. The topological polar surface area (TPSA) is 163 Å². The summed E-state index contributed by atoms with van der Waals surface area (Å²) < 4.78 is 42.8. The molecular formula is C20H24ClF3N6O4. The highest BCUT2D eigenvalue weighted by Gasteiger charge is 2.46. The molecule has 1 aliphatic rings. The Kier molecular flexibility index (Phi) is 8.82. The van der Waals surface area contributed by atoms with Gasteiger partial charge in [-0.05, 0) is 25.1 Å². The van der Waals surface area contributed by atoms with Gasteiger partial charge in [0.25, 0.3) is 12.3 Å². The fourth-order valence-corrected chi connectivity index (χ4v) is 4.03. The maximum absolute atomic E-state index is 13.3. The summed E-state index contributed by atoms with van der Waals surface area (Å²) in [6, 6.07) is 6.36. The van der Waals surface area contributed by atoms with E-state index in [1.807, 2.05) is 6.07 Å². The Morgan fingerprint density at radius 3 is 2.65 bits per heavy atom. The van der Waals surface area contributed by atoms with Crippen LogP contribution in [0.3, 0.4) is 0 Å². The monoisotopic (exact) mass is 504 g/mol. The van der Waals surface area contributed by atoms with Crippen LogP contribution in [0.2, 0.25) is 0 Å². The Hall–Kier alpha value is -3.18.